The van der Waals surface area contributed by atoms with E-state index in [0.29, 0.717) is 0 Å². The van der Waals surface area contributed by atoms with E-state index in [2.05, 4.69) is 17.2 Å². The van der Waals surface area contributed by atoms with Crippen molar-refractivity contribution >= 4 is 21.6 Å². The van der Waals surface area contributed by atoms with Crippen LogP contribution in [-0.2, 0) is 0 Å². The predicted molar refractivity (Wildman–Crippen MR) is 32.2 cm³/mol. The number of hydrogen-bond donors (Lipinski definition) is 0. The number of rotatable bonds is 0. The summed E-state index contributed by atoms with van der Waals surface area (Å²) in [6.07, 6.45) is 3.11. The Kier molecular flexibility index (Phi) is 1.98. The monoisotopic (exact) mass is 116 g/mol. The molecule has 1 rings (SSSR count). The Bertz CT molecular complexity index is 50.6. The number of hydrogen-bond acceptors (Lipinski definition) is 2. The minimum absolute atomic E-state index is 1.01. The van der Waals surface area contributed by atoms with Crippen LogP contribution < -0.4 is 0 Å². The fourth-order valence-electron chi connectivity index (χ4n) is 0.231. The molecule has 1 aliphatic heterocycles. The maximum Gasteiger partial charge on any atom is 0.0646 e. The summed E-state index contributed by atoms with van der Waals surface area (Å²) in [4.78, 5) is 0. The van der Waals surface area contributed by atoms with Crippen molar-refractivity contribution in [2.45, 2.75) is 6.42 Å². The van der Waals surface area contributed by atoms with Gasteiger partial charge in [0, 0.05) is 0 Å². The molecule has 0 saturated heterocycles. The maximum absolute atomic E-state index is 3.08. The van der Waals surface area contributed by atoms with Crippen molar-refractivity contribution in [1.82, 2.24) is 0 Å². The third-order valence-electron chi connectivity index (χ3n) is 0.460. The van der Waals surface area contributed by atoms with Crippen molar-refractivity contribution in [3.05, 3.63) is 17.2 Å². The topological polar surface area (TPSA) is 0 Å². The first-order chi connectivity index (χ1) is 3.00. The maximum atomic E-state index is 3.08. The molecule has 0 N–H and O–H groups in total. The second-order valence-corrected chi connectivity index (χ2v) is 2.90. The van der Waals surface area contributed by atoms with Crippen LogP contribution in [0.2, 0.25) is 0 Å². The third-order valence-corrected chi connectivity index (χ3v) is 2.12. The normalized spacial score (nSPS) is 21.3. The van der Waals surface area contributed by atoms with Gasteiger partial charge in [-0.15, -0.1) is 0 Å². The molecule has 2 radical (unpaired) electrons. The summed E-state index contributed by atoms with van der Waals surface area (Å²) in [6, 6.07) is 0. The smallest absolute Gasteiger partial charge is 0.0646 e. The first-order valence-corrected chi connectivity index (χ1v) is 3.91. The van der Waals surface area contributed by atoms with Crippen LogP contribution in [0.15, 0.2) is 11.5 Å². The highest BCUT2D eigenvalue weighted by Crippen LogP contribution is 2.30. The average molecular weight is 116 g/mol. The molecule has 0 fully saturated rings. The molecule has 0 aliphatic carbocycles. The highest BCUT2D eigenvalue weighted by molar-refractivity contribution is 8.78. The summed E-state index contributed by atoms with van der Waals surface area (Å²) in [5.41, 5.74) is 0. The lowest BCUT2D eigenvalue weighted by atomic mass is 10.5. The van der Waals surface area contributed by atoms with E-state index in [4.69, 9.17) is 0 Å². The van der Waals surface area contributed by atoms with Crippen LogP contribution in [0.25, 0.3) is 0 Å². The molecule has 0 unspecified atom stereocenters. The van der Waals surface area contributed by atoms with E-state index in [0.717, 1.165) is 6.42 Å². The zero-order valence-electron chi connectivity index (χ0n) is 3.18. The molecule has 1 heterocycles. The summed E-state index contributed by atoms with van der Waals surface area (Å²) in [7, 11) is 3.39. The Morgan fingerprint density at radius 3 is 2.83 bits per heavy atom. The highest BCUT2D eigenvalue weighted by Gasteiger charge is 1.89. The predicted octanol–water partition coefficient (Wildman–Crippen LogP) is 2.32. The molecule has 2 heteroatoms. The minimum Gasteiger partial charge on any atom is -0.0792 e. The summed E-state index contributed by atoms with van der Waals surface area (Å²) in [5, 5.41) is 2.08. The van der Waals surface area contributed by atoms with Gasteiger partial charge in [-0.25, -0.2) is 0 Å². The van der Waals surface area contributed by atoms with Crippen LogP contribution >= 0.6 is 21.6 Å². The van der Waals surface area contributed by atoms with Gasteiger partial charge in [-0.05, 0) is 11.8 Å². The number of allylic oxidation sites excluding steroid dienone is 1. The largest absolute Gasteiger partial charge is 0.0792 e. The lowest BCUT2D eigenvalue weighted by Crippen LogP contribution is -1.64. The van der Waals surface area contributed by atoms with E-state index in [1.807, 2.05) is 0 Å². The van der Waals surface area contributed by atoms with Gasteiger partial charge in [0.1, 0.15) is 0 Å². The van der Waals surface area contributed by atoms with Crippen molar-refractivity contribution in [3.8, 4) is 0 Å². The Balaban J connectivity index is 2.26. The van der Waals surface area contributed by atoms with Crippen molar-refractivity contribution in [2.24, 2.45) is 0 Å². The molecule has 0 nitrogen and oxygen atoms in total. The van der Waals surface area contributed by atoms with E-state index < -0.39 is 0 Å². The van der Waals surface area contributed by atoms with Gasteiger partial charge in [-0.3, -0.25) is 0 Å². The molecule has 0 saturated carbocycles. The summed E-state index contributed by atoms with van der Waals surface area (Å²) < 4.78 is 0. The highest BCUT2D eigenvalue weighted by atomic mass is 33.1. The van der Waals surface area contributed by atoms with E-state index in [1.54, 1.807) is 21.6 Å². The van der Waals surface area contributed by atoms with Gasteiger partial charge < -0.3 is 0 Å². The van der Waals surface area contributed by atoms with Crippen LogP contribution in [0, 0.1) is 5.75 Å². The van der Waals surface area contributed by atoms with Gasteiger partial charge in [0.05, 0.1) is 5.75 Å². The molecule has 0 spiro atoms. The summed E-state index contributed by atoms with van der Waals surface area (Å²) >= 11 is 0. The Hall–Kier alpha value is 0.440. The zero-order chi connectivity index (χ0) is 4.24. The fraction of sp³-hybridized carbons (Fsp3) is 0.250. The van der Waals surface area contributed by atoms with Gasteiger partial charge in [0.15, 0.2) is 0 Å². The molecular weight excluding hydrogens is 112 g/mol. The Morgan fingerprint density at radius 2 is 2.67 bits per heavy atom. The molecule has 0 aromatic carbocycles. The second kappa shape index (κ2) is 2.59. The van der Waals surface area contributed by atoms with E-state index in [9.17, 15) is 0 Å². The van der Waals surface area contributed by atoms with E-state index in [-0.39, 0.29) is 0 Å². The van der Waals surface area contributed by atoms with Gasteiger partial charge in [-0.1, -0.05) is 27.7 Å². The molecule has 0 aromatic heterocycles. The van der Waals surface area contributed by atoms with Crippen molar-refractivity contribution < 1.29 is 0 Å². The molecule has 0 aromatic rings. The average Bonchev–Trinajstić information content (AvgIpc) is 1.72. The molecule has 0 amide bonds. The van der Waals surface area contributed by atoms with Gasteiger partial charge in [-0.2, -0.15) is 0 Å². The van der Waals surface area contributed by atoms with Crippen molar-refractivity contribution in [3.63, 3.8) is 0 Å². The van der Waals surface area contributed by atoms with Gasteiger partial charge in [0.25, 0.3) is 0 Å². The van der Waals surface area contributed by atoms with Crippen LogP contribution in [-0.4, -0.2) is 0 Å². The SMILES string of the molecule is [C]1CC=CSS1. The first kappa shape index (κ1) is 4.60. The van der Waals surface area contributed by atoms with E-state index in [1.165, 1.54) is 0 Å². The Labute approximate surface area is 45.8 Å². The van der Waals surface area contributed by atoms with Crippen LogP contribution in [0.4, 0.5) is 0 Å². The van der Waals surface area contributed by atoms with Crippen LogP contribution in [0.3, 0.4) is 0 Å². The molecule has 0 bridgehead atoms. The zero-order valence-corrected chi connectivity index (χ0v) is 4.81. The van der Waals surface area contributed by atoms with Gasteiger partial charge in [0.2, 0.25) is 0 Å². The lowest BCUT2D eigenvalue weighted by molar-refractivity contribution is 1.38. The molecular formula is C4H4S2. The van der Waals surface area contributed by atoms with Crippen LogP contribution in [0.5, 0.6) is 0 Å². The quantitative estimate of drug-likeness (QED) is 0.445. The molecule has 6 heavy (non-hydrogen) atoms. The van der Waals surface area contributed by atoms with Crippen LogP contribution in [0.1, 0.15) is 6.42 Å². The first-order valence-electron chi connectivity index (χ1n) is 1.70. The van der Waals surface area contributed by atoms with Crippen molar-refractivity contribution in [1.29, 1.82) is 0 Å². The van der Waals surface area contributed by atoms with Crippen molar-refractivity contribution in [2.75, 3.05) is 0 Å². The molecule has 32 valence electrons. The molecule has 1 aliphatic rings. The van der Waals surface area contributed by atoms with Gasteiger partial charge >= 0.3 is 0 Å². The minimum atomic E-state index is 1.01. The summed E-state index contributed by atoms with van der Waals surface area (Å²) in [5.74, 6) is 3.08. The standard InChI is InChI=1S/C4H4S2/c1-2-4-6-5-3-1/h1,3H,2H2. The summed E-state index contributed by atoms with van der Waals surface area (Å²) in [6.45, 7) is 0. The second-order valence-electron chi connectivity index (χ2n) is 0.900. The fourth-order valence-corrected chi connectivity index (χ4v) is 1.50. The third kappa shape index (κ3) is 1.27. The molecule has 0 atom stereocenters. The lowest BCUT2D eigenvalue weighted by Gasteiger charge is -1.95. The Morgan fingerprint density at radius 1 is 1.67 bits per heavy atom. The van der Waals surface area contributed by atoms with E-state index >= 15 is 0 Å².